The van der Waals surface area contributed by atoms with E-state index in [4.69, 9.17) is 11.0 Å². The molecule has 0 fully saturated rings. The molecule has 0 aliphatic rings. The van der Waals surface area contributed by atoms with Gasteiger partial charge in [0.2, 0.25) is 0 Å². The first kappa shape index (κ1) is 11.7. The first-order valence-corrected chi connectivity index (χ1v) is 4.69. The molecule has 0 saturated heterocycles. The standard InChI is InChI=1S/C11H12N4O/c1-8(10(6-12)11(13)16)15-7-9-4-2-3-5-14-9/h2-5,15H,7H2,1H3,(H2,13,16)/b10-8-. The van der Waals surface area contributed by atoms with Crippen molar-refractivity contribution >= 4 is 5.91 Å². The van der Waals surface area contributed by atoms with E-state index in [1.165, 1.54) is 0 Å². The van der Waals surface area contributed by atoms with Crippen LogP contribution in [0.25, 0.3) is 0 Å². The van der Waals surface area contributed by atoms with E-state index in [1.54, 1.807) is 19.2 Å². The van der Waals surface area contributed by atoms with Crippen LogP contribution in [0, 0.1) is 11.3 Å². The van der Waals surface area contributed by atoms with Crippen LogP contribution in [0.15, 0.2) is 35.7 Å². The molecule has 0 aromatic carbocycles. The van der Waals surface area contributed by atoms with Crippen LogP contribution >= 0.6 is 0 Å². The molecule has 0 bridgehead atoms. The average molecular weight is 216 g/mol. The topological polar surface area (TPSA) is 91.8 Å². The SMILES string of the molecule is C/C(NCc1ccccn1)=C(\C#N)C(N)=O. The van der Waals surface area contributed by atoms with Gasteiger partial charge in [0.1, 0.15) is 11.6 Å². The average Bonchev–Trinajstić information content (AvgIpc) is 2.28. The lowest BCUT2D eigenvalue weighted by Gasteiger charge is -2.06. The van der Waals surface area contributed by atoms with Gasteiger partial charge in [-0.05, 0) is 19.1 Å². The van der Waals surface area contributed by atoms with Gasteiger partial charge in [0, 0.05) is 11.9 Å². The number of carbonyl (C=O) groups excluding carboxylic acids is 1. The molecule has 1 aromatic rings. The number of nitrogens with two attached hydrogens (primary N) is 1. The van der Waals surface area contributed by atoms with Gasteiger partial charge in [-0.3, -0.25) is 9.78 Å². The summed E-state index contributed by atoms with van der Waals surface area (Å²) >= 11 is 0. The van der Waals surface area contributed by atoms with Gasteiger partial charge in [0.15, 0.2) is 0 Å². The number of hydrogen-bond donors (Lipinski definition) is 2. The van der Waals surface area contributed by atoms with Crippen LogP contribution in [0.2, 0.25) is 0 Å². The van der Waals surface area contributed by atoms with Crippen molar-refractivity contribution in [1.29, 1.82) is 5.26 Å². The Hall–Kier alpha value is -2.35. The first-order valence-electron chi connectivity index (χ1n) is 4.69. The Labute approximate surface area is 93.6 Å². The maximum atomic E-state index is 10.9. The maximum Gasteiger partial charge on any atom is 0.261 e. The van der Waals surface area contributed by atoms with Crippen molar-refractivity contribution < 1.29 is 4.79 Å². The Kier molecular flexibility index (Phi) is 4.04. The highest BCUT2D eigenvalue weighted by atomic mass is 16.1. The first-order chi connectivity index (χ1) is 7.65. The molecule has 3 N–H and O–H groups in total. The summed E-state index contributed by atoms with van der Waals surface area (Å²) in [5.41, 5.74) is 6.26. The lowest BCUT2D eigenvalue weighted by molar-refractivity contribution is -0.114. The monoisotopic (exact) mass is 216 g/mol. The molecule has 0 aliphatic heterocycles. The van der Waals surface area contributed by atoms with Gasteiger partial charge in [-0.2, -0.15) is 5.26 Å². The largest absolute Gasteiger partial charge is 0.382 e. The highest BCUT2D eigenvalue weighted by Gasteiger charge is 2.07. The summed E-state index contributed by atoms with van der Waals surface area (Å²) in [5.74, 6) is -0.728. The molecule has 1 heterocycles. The van der Waals surface area contributed by atoms with Crippen molar-refractivity contribution in [2.75, 3.05) is 0 Å². The molecule has 0 spiro atoms. The highest BCUT2D eigenvalue weighted by molar-refractivity contribution is 5.96. The number of pyridine rings is 1. The Bertz CT molecular complexity index is 445. The third-order valence-corrected chi connectivity index (χ3v) is 1.99. The molecule has 0 unspecified atom stereocenters. The molecule has 0 radical (unpaired) electrons. The normalized spacial score (nSPS) is 11.2. The van der Waals surface area contributed by atoms with E-state index in [1.807, 2.05) is 18.2 Å². The Morgan fingerprint density at radius 2 is 2.38 bits per heavy atom. The number of allylic oxidation sites excluding steroid dienone is 1. The van der Waals surface area contributed by atoms with Crippen LogP contribution in [0.1, 0.15) is 12.6 Å². The third kappa shape index (κ3) is 3.10. The van der Waals surface area contributed by atoms with Crippen LogP contribution < -0.4 is 11.1 Å². The lowest BCUT2D eigenvalue weighted by Crippen LogP contribution is -2.20. The van der Waals surface area contributed by atoms with Gasteiger partial charge in [-0.15, -0.1) is 0 Å². The fourth-order valence-corrected chi connectivity index (χ4v) is 1.14. The molecule has 0 saturated carbocycles. The second-order valence-corrected chi connectivity index (χ2v) is 3.15. The predicted octanol–water partition coefficient (Wildman–Crippen LogP) is 0.454. The molecule has 0 aliphatic carbocycles. The smallest absolute Gasteiger partial charge is 0.261 e. The molecule has 5 nitrogen and oxygen atoms in total. The van der Waals surface area contributed by atoms with E-state index in [9.17, 15) is 4.79 Å². The highest BCUT2D eigenvalue weighted by Crippen LogP contribution is 2.00. The number of aromatic nitrogens is 1. The van der Waals surface area contributed by atoms with Crippen LogP contribution in [0.4, 0.5) is 0 Å². The number of rotatable bonds is 4. The van der Waals surface area contributed by atoms with Crippen molar-refractivity contribution in [2.45, 2.75) is 13.5 Å². The molecular formula is C11H12N4O. The van der Waals surface area contributed by atoms with E-state index < -0.39 is 5.91 Å². The fourth-order valence-electron chi connectivity index (χ4n) is 1.14. The number of nitrogens with one attached hydrogen (secondary N) is 1. The summed E-state index contributed by atoms with van der Waals surface area (Å²) in [6.07, 6.45) is 1.68. The second-order valence-electron chi connectivity index (χ2n) is 3.15. The van der Waals surface area contributed by atoms with Gasteiger partial charge in [-0.25, -0.2) is 0 Å². The third-order valence-electron chi connectivity index (χ3n) is 1.99. The minimum atomic E-state index is -0.728. The molecule has 1 rings (SSSR count). The van der Waals surface area contributed by atoms with Crippen molar-refractivity contribution in [3.8, 4) is 6.07 Å². The van der Waals surface area contributed by atoms with E-state index in [-0.39, 0.29) is 5.57 Å². The van der Waals surface area contributed by atoms with Crippen molar-refractivity contribution in [3.05, 3.63) is 41.4 Å². The van der Waals surface area contributed by atoms with E-state index >= 15 is 0 Å². The summed E-state index contributed by atoms with van der Waals surface area (Å²) in [4.78, 5) is 15.0. The van der Waals surface area contributed by atoms with Crippen molar-refractivity contribution in [3.63, 3.8) is 0 Å². The Balaban J connectivity index is 2.69. The number of nitriles is 1. The zero-order chi connectivity index (χ0) is 12.0. The maximum absolute atomic E-state index is 10.9. The predicted molar refractivity (Wildman–Crippen MR) is 58.6 cm³/mol. The number of nitrogens with zero attached hydrogens (tertiary/aromatic N) is 2. The zero-order valence-electron chi connectivity index (χ0n) is 8.90. The summed E-state index contributed by atoms with van der Waals surface area (Å²) in [5, 5.41) is 11.6. The van der Waals surface area contributed by atoms with E-state index in [0.29, 0.717) is 12.2 Å². The van der Waals surface area contributed by atoms with Gasteiger partial charge < -0.3 is 11.1 Å². The second kappa shape index (κ2) is 5.51. The minimum absolute atomic E-state index is 0.0593. The van der Waals surface area contributed by atoms with Crippen LogP contribution in [0.5, 0.6) is 0 Å². The lowest BCUT2D eigenvalue weighted by atomic mass is 10.2. The van der Waals surface area contributed by atoms with Gasteiger partial charge in [0.25, 0.3) is 5.91 Å². The van der Waals surface area contributed by atoms with Crippen LogP contribution in [0.3, 0.4) is 0 Å². The van der Waals surface area contributed by atoms with E-state index in [0.717, 1.165) is 5.69 Å². The number of amides is 1. The fraction of sp³-hybridized carbons (Fsp3) is 0.182. The molecular weight excluding hydrogens is 204 g/mol. The number of hydrogen-bond acceptors (Lipinski definition) is 4. The van der Waals surface area contributed by atoms with E-state index in [2.05, 4.69) is 10.3 Å². The molecule has 1 aromatic heterocycles. The Morgan fingerprint density at radius 1 is 1.62 bits per heavy atom. The van der Waals surface area contributed by atoms with Gasteiger partial charge in [-0.1, -0.05) is 6.07 Å². The summed E-state index contributed by atoms with van der Waals surface area (Å²) in [7, 11) is 0. The number of carbonyl (C=O) groups is 1. The Morgan fingerprint density at radius 3 is 2.88 bits per heavy atom. The summed E-state index contributed by atoms with van der Waals surface area (Å²) in [6, 6.07) is 7.28. The molecule has 0 atom stereocenters. The molecule has 82 valence electrons. The quantitative estimate of drug-likeness (QED) is 0.564. The molecule has 1 amide bonds. The summed E-state index contributed by atoms with van der Waals surface area (Å²) in [6.45, 7) is 2.08. The van der Waals surface area contributed by atoms with Gasteiger partial charge in [0.05, 0.1) is 12.2 Å². The van der Waals surface area contributed by atoms with Crippen LogP contribution in [-0.2, 0) is 11.3 Å². The molecule has 5 heteroatoms. The van der Waals surface area contributed by atoms with Gasteiger partial charge >= 0.3 is 0 Å². The minimum Gasteiger partial charge on any atom is -0.382 e. The van der Waals surface area contributed by atoms with Crippen molar-refractivity contribution in [2.24, 2.45) is 5.73 Å². The van der Waals surface area contributed by atoms with Crippen molar-refractivity contribution in [1.82, 2.24) is 10.3 Å². The van der Waals surface area contributed by atoms with Crippen LogP contribution in [-0.4, -0.2) is 10.9 Å². The summed E-state index contributed by atoms with van der Waals surface area (Å²) < 4.78 is 0. The molecule has 16 heavy (non-hydrogen) atoms. The number of primary amides is 1. The zero-order valence-corrected chi connectivity index (χ0v) is 8.90.